The molecule has 1 amide bonds. The molecule has 9 nitrogen and oxygen atoms in total. The number of hydrogen-bond donors (Lipinski definition) is 4. The molecule has 2 aliphatic rings. The third-order valence-corrected chi connectivity index (χ3v) is 5.79. The highest BCUT2D eigenvalue weighted by Gasteiger charge is 2.50. The second kappa shape index (κ2) is 7.67. The lowest BCUT2D eigenvalue weighted by Crippen LogP contribution is -2.66. The number of carbonyl (C=O) groups excluding carboxylic acids is 1. The minimum absolute atomic E-state index is 0.113. The smallest absolute Gasteiger partial charge is 0.273 e. The van der Waals surface area contributed by atoms with E-state index in [-0.39, 0.29) is 33.7 Å². The fourth-order valence-corrected chi connectivity index (χ4v) is 3.98. The van der Waals surface area contributed by atoms with Gasteiger partial charge in [0.15, 0.2) is 23.3 Å². The molecular formula is C21H20F3N7O2. The average molecular weight is 459 g/mol. The maximum absolute atomic E-state index is 14.6. The largest absolute Gasteiger partial charge is 0.393 e. The third kappa shape index (κ3) is 3.72. The van der Waals surface area contributed by atoms with E-state index in [1.807, 2.05) is 4.90 Å². The van der Waals surface area contributed by atoms with Crippen LogP contribution in [0, 0.1) is 22.9 Å². The fraction of sp³-hybridized carbons (Fsp3) is 0.238. The van der Waals surface area contributed by atoms with E-state index >= 15 is 0 Å². The van der Waals surface area contributed by atoms with Crippen LogP contribution in [0.1, 0.15) is 0 Å². The van der Waals surface area contributed by atoms with E-state index in [4.69, 9.17) is 16.3 Å². The first-order chi connectivity index (χ1) is 15.7. The zero-order valence-corrected chi connectivity index (χ0v) is 17.2. The van der Waals surface area contributed by atoms with E-state index in [0.717, 1.165) is 23.3 Å². The molecule has 12 heteroatoms. The molecule has 1 spiro atoms. The number of aromatic amines is 1. The number of nitrogens with two attached hydrogens (primary N) is 2. The monoisotopic (exact) mass is 459 g/mol. The first-order valence-corrected chi connectivity index (χ1v) is 10.0. The molecule has 6 N–H and O–H groups in total. The number of H-pyrrole nitrogens is 1. The summed E-state index contributed by atoms with van der Waals surface area (Å²) in [6, 6.07) is 3.13. The average Bonchev–Trinajstić information content (AvgIpc) is 3.08. The van der Waals surface area contributed by atoms with Crippen LogP contribution in [0.4, 0.5) is 30.4 Å². The summed E-state index contributed by atoms with van der Waals surface area (Å²) in [7, 11) is 0. The second-order valence-electron chi connectivity index (χ2n) is 8.31. The van der Waals surface area contributed by atoms with Crippen molar-refractivity contribution in [3.05, 3.63) is 59.9 Å². The Morgan fingerprint density at radius 2 is 1.94 bits per heavy atom. The molecule has 0 radical (unpaired) electrons. The standard InChI is InChI=1S/C21H20F3N7O2/c22-13-2-12-17(3-14(13)23)27-5-18(12)29-20(32)16(25)6-31(26)11-1-15(24)19(28-4-11)30-7-21(8-30)9-33-10-21/h1-6,27H,7-10,25-26H2,(H,29,32)/b16-6-. The number of ether oxygens (including phenoxy) is 1. The molecule has 4 heterocycles. The molecule has 1 aromatic carbocycles. The maximum atomic E-state index is 14.6. The topological polar surface area (TPSA) is 126 Å². The van der Waals surface area contributed by atoms with Crippen LogP contribution in [0.2, 0.25) is 0 Å². The van der Waals surface area contributed by atoms with Crippen molar-refractivity contribution in [2.45, 2.75) is 0 Å². The molecule has 2 aromatic heterocycles. The Balaban J connectivity index is 1.27. The molecule has 172 valence electrons. The number of nitrogens with one attached hydrogen (secondary N) is 2. The molecule has 2 aliphatic heterocycles. The minimum Gasteiger partial charge on any atom is -0.393 e. The number of nitrogens with zero attached hydrogens (tertiary/aromatic N) is 3. The molecule has 3 aromatic rings. The van der Waals surface area contributed by atoms with Crippen LogP contribution in [0.25, 0.3) is 10.9 Å². The van der Waals surface area contributed by atoms with Crippen LogP contribution in [-0.2, 0) is 9.53 Å². The lowest BCUT2D eigenvalue weighted by Gasteiger charge is -2.55. The van der Waals surface area contributed by atoms with Crippen molar-refractivity contribution in [3.63, 3.8) is 0 Å². The summed E-state index contributed by atoms with van der Waals surface area (Å²) in [6.07, 6.45) is 3.85. The van der Waals surface area contributed by atoms with Crippen LogP contribution in [0.5, 0.6) is 0 Å². The van der Waals surface area contributed by atoms with Crippen LogP contribution in [0.15, 0.2) is 42.5 Å². The lowest BCUT2D eigenvalue weighted by molar-refractivity contribution is -0.127. The van der Waals surface area contributed by atoms with Crippen LogP contribution in [0.3, 0.4) is 0 Å². The van der Waals surface area contributed by atoms with Crippen molar-refractivity contribution < 1.29 is 22.7 Å². The zero-order chi connectivity index (χ0) is 23.3. The highest BCUT2D eigenvalue weighted by atomic mass is 19.2. The van der Waals surface area contributed by atoms with E-state index in [1.54, 1.807) is 0 Å². The number of pyridine rings is 1. The van der Waals surface area contributed by atoms with Gasteiger partial charge >= 0.3 is 0 Å². The Kier molecular flexibility index (Phi) is 4.91. The minimum atomic E-state index is -1.05. The maximum Gasteiger partial charge on any atom is 0.273 e. The van der Waals surface area contributed by atoms with Crippen LogP contribution in [-0.4, -0.2) is 42.2 Å². The normalized spacial score (nSPS) is 17.1. The van der Waals surface area contributed by atoms with Gasteiger partial charge in [-0.15, -0.1) is 0 Å². The molecule has 2 fully saturated rings. The number of fused-ring (bicyclic) bond motifs is 1. The molecule has 0 saturated carbocycles. The van der Waals surface area contributed by atoms with Gasteiger partial charge in [-0.1, -0.05) is 0 Å². The van der Waals surface area contributed by atoms with E-state index in [9.17, 15) is 18.0 Å². The molecule has 0 bridgehead atoms. The lowest BCUT2D eigenvalue weighted by atomic mass is 9.78. The summed E-state index contributed by atoms with van der Waals surface area (Å²) < 4.78 is 46.7. The number of anilines is 3. The van der Waals surface area contributed by atoms with Gasteiger partial charge in [0.2, 0.25) is 0 Å². The summed E-state index contributed by atoms with van der Waals surface area (Å²) in [5.41, 5.74) is 6.31. The van der Waals surface area contributed by atoms with Crippen molar-refractivity contribution in [3.8, 4) is 0 Å². The van der Waals surface area contributed by atoms with Gasteiger partial charge in [-0.2, -0.15) is 0 Å². The number of halogens is 3. The van der Waals surface area contributed by atoms with Crippen molar-refractivity contribution >= 4 is 34.0 Å². The van der Waals surface area contributed by atoms with Gasteiger partial charge in [0.05, 0.1) is 47.9 Å². The van der Waals surface area contributed by atoms with Crippen molar-refractivity contribution in [2.75, 3.05) is 41.5 Å². The van der Waals surface area contributed by atoms with Gasteiger partial charge in [0, 0.05) is 36.8 Å². The summed E-state index contributed by atoms with van der Waals surface area (Å²) in [5.74, 6) is 2.77. The number of hydrazine groups is 1. The summed E-state index contributed by atoms with van der Waals surface area (Å²) in [6.45, 7) is 2.71. The highest BCUT2D eigenvalue weighted by Crippen LogP contribution is 2.40. The van der Waals surface area contributed by atoms with E-state index in [0.29, 0.717) is 31.8 Å². The third-order valence-electron chi connectivity index (χ3n) is 5.79. The predicted molar refractivity (Wildman–Crippen MR) is 115 cm³/mol. The highest BCUT2D eigenvalue weighted by molar-refractivity contribution is 6.08. The predicted octanol–water partition coefficient (Wildman–Crippen LogP) is 1.94. The van der Waals surface area contributed by atoms with Gasteiger partial charge in [-0.3, -0.25) is 9.80 Å². The molecule has 0 aliphatic carbocycles. The zero-order valence-electron chi connectivity index (χ0n) is 17.2. The van der Waals surface area contributed by atoms with Gasteiger partial charge < -0.3 is 25.7 Å². The Labute approximate surface area is 185 Å². The number of hydrogen-bond acceptors (Lipinski definition) is 7. The number of amides is 1. The Hall–Kier alpha value is -3.77. The second-order valence-corrected chi connectivity index (χ2v) is 8.31. The Morgan fingerprint density at radius 1 is 1.21 bits per heavy atom. The molecule has 33 heavy (non-hydrogen) atoms. The van der Waals surface area contributed by atoms with Crippen LogP contribution < -0.4 is 26.8 Å². The number of benzene rings is 1. The Morgan fingerprint density at radius 3 is 2.61 bits per heavy atom. The molecule has 0 unspecified atom stereocenters. The first-order valence-electron chi connectivity index (χ1n) is 10.0. The number of aromatic nitrogens is 2. The summed E-state index contributed by atoms with van der Waals surface area (Å²) in [4.78, 5) is 21.2. The quantitative estimate of drug-likeness (QED) is 0.261. The van der Waals surface area contributed by atoms with Gasteiger partial charge in [-0.05, 0) is 6.07 Å². The summed E-state index contributed by atoms with van der Waals surface area (Å²) >= 11 is 0. The molecular weight excluding hydrogens is 439 g/mol. The molecule has 5 rings (SSSR count). The summed E-state index contributed by atoms with van der Waals surface area (Å²) in [5, 5.41) is 3.73. The van der Waals surface area contributed by atoms with Crippen molar-refractivity contribution in [1.29, 1.82) is 0 Å². The van der Waals surface area contributed by atoms with E-state index < -0.39 is 23.4 Å². The van der Waals surface area contributed by atoms with Crippen LogP contribution >= 0.6 is 0 Å². The number of carbonyl (C=O) groups is 1. The molecule has 2 saturated heterocycles. The SMILES string of the molecule is N/C(=C\N(N)c1cnc(N2CC3(COC3)C2)c(F)c1)C(=O)Nc1c[nH]c2cc(F)c(F)cc12. The first kappa shape index (κ1) is 21.1. The van der Waals surface area contributed by atoms with Gasteiger partial charge in [-0.25, -0.2) is 24.0 Å². The Bertz CT molecular complexity index is 1280. The van der Waals surface area contributed by atoms with Gasteiger partial charge in [0.25, 0.3) is 5.91 Å². The molecule has 0 atom stereocenters. The van der Waals surface area contributed by atoms with Crippen molar-refractivity contribution in [2.24, 2.45) is 17.0 Å². The number of rotatable bonds is 5. The van der Waals surface area contributed by atoms with Gasteiger partial charge in [0.1, 0.15) is 5.70 Å². The van der Waals surface area contributed by atoms with Crippen molar-refractivity contribution in [1.82, 2.24) is 9.97 Å². The fourth-order valence-electron chi connectivity index (χ4n) is 3.98. The van der Waals surface area contributed by atoms with E-state index in [1.165, 1.54) is 18.5 Å². The van der Waals surface area contributed by atoms with E-state index in [2.05, 4.69) is 15.3 Å².